The van der Waals surface area contributed by atoms with E-state index in [1.165, 1.54) is 12.0 Å². The van der Waals surface area contributed by atoms with Gasteiger partial charge < -0.3 is 43.5 Å². The predicted molar refractivity (Wildman–Crippen MR) is 287 cm³/mol. The van der Waals surface area contributed by atoms with E-state index in [2.05, 4.69) is 15.9 Å². The topological polar surface area (TPSA) is 201 Å². The Morgan fingerprint density at radius 1 is 0.853 bits per heavy atom. The summed E-state index contributed by atoms with van der Waals surface area (Å²) in [5.41, 5.74) is 2.71. The monoisotopic (exact) mass is 1110 g/mol. The average Bonchev–Trinajstić information content (AvgIpc) is 3.40. The van der Waals surface area contributed by atoms with Gasteiger partial charge in [-0.25, -0.2) is 9.59 Å². The van der Waals surface area contributed by atoms with Crippen molar-refractivity contribution in [3.05, 3.63) is 83.0 Å². The minimum Gasteiger partial charge on any atom is -0.460 e. The van der Waals surface area contributed by atoms with Crippen molar-refractivity contribution in [2.75, 3.05) is 27.9 Å². The first-order valence-electron chi connectivity index (χ1n) is 27.0. The number of Topliss-reactive ketones (excluding diaryl/α,β-unsaturated/α-hetero) is 3. The number of aliphatic hydroxyl groups is 2. The number of aliphatic hydroxyl groups excluding tert-OH is 1. The second-order valence-corrected chi connectivity index (χ2v) is 22.4. The Morgan fingerprint density at radius 3 is 2.24 bits per heavy atom. The van der Waals surface area contributed by atoms with E-state index in [0.29, 0.717) is 80.7 Å². The number of alkyl halides is 1. The molecule has 1 aromatic rings. The number of carbonyl (C=O) groups is 6. The number of rotatable bonds is 9. The Balaban J connectivity index is 1.44. The number of esters is 2. The lowest BCUT2D eigenvalue weighted by atomic mass is 9.78. The van der Waals surface area contributed by atoms with Crippen LogP contribution in [0.25, 0.3) is 0 Å². The fourth-order valence-corrected chi connectivity index (χ4v) is 11.5. The summed E-state index contributed by atoms with van der Waals surface area (Å²) in [6.45, 7) is 12.7. The molecule has 3 fully saturated rings. The Hall–Kier alpha value is -4.16. The standard InChI is InChI=1S/C59H84BrNO14/c1-35-16-12-11-13-17-36(2)49(70-8)32-45-25-19-41(7)59(69,75-45)55(65)56(66)61-27-15-14-18-46(61)58(68)74-50(33-47(62)37(3)29-40(6)53(64)54(72-10)52(63)39(5)28-35)38(4)30-43-22-26-48(51(31-43)71-9)73-57(67)44-23-20-42(34-60)21-24-44/h11-13,16-17,20-21,23-24,29,35,37-39,41,43,45-46,48-51,53-54,64,69H,14-15,18-19,22,25-28,30-34H2,1-10H3/b13-11+,16-12+,36-17+,40-29+/t35-,37-,38-,39-,41-,43+,45+,46+,48-,49+,50+,51-,53-,54+,59-/m1/s1. The number of ketones is 3. The highest BCUT2D eigenvalue weighted by Crippen LogP contribution is 2.38. The van der Waals surface area contributed by atoms with Crippen LogP contribution in [0.3, 0.4) is 0 Å². The van der Waals surface area contributed by atoms with E-state index < -0.39 is 102 Å². The molecular formula is C59H84BrNO14. The van der Waals surface area contributed by atoms with E-state index in [1.54, 1.807) is 53.2 Å². The number of allylic oxidation sites excluding steroid dienone is 6. The zero-order chi connectivity index (χ0) is 55.1. The number of hydrogen-bond donors (Lipinski definition) is 2. The third kappa shape index (κ3) is 16.4. The van der Waals surface area contributed by atoms with E-state index in [1.807, 2.05) is 70.2 Å². The van der Waals surface area contributed by atoms with Crippen LogP contribution in [0.2, 0.25) is 0 Å². The molecule has 3 aliphatic heterocycles. The van der Waals surface area contributed by atoms with Crippen molar-refractivity contribution in [1.29, 1.82) is 0 Å². The van der Waals surface area contributed by atoms with E-state index in [4.69, 9.17) is 28.4 Å². The van der Waals surface area contributed by atoms with E-state index in [9.17, 15) is 39.0 Å². The normalized spacial score (nSPS) is 36.5. The molecule has 3 heterocycles. The first kappa shape index (κ1) is 61.7. The lowest BCUT2D eigenvalue weighted by molar-refractivity contribution is -0.265. The van der Waals surface area contributed by atoms with Crippen LogP contribution in [0, 0.1) is 35.5 Å². The van der Waals surface area contributed by atoms with Gasteiger partial charge in [-0.15, -0.1) is 0 Å². The van der Waals surface area contributed by atoms with Crippen molar-refractivity contribution >= 4 is 51.1 Å². The Bertz CT molecular complexity index is 2240. The van der Waals surface area contributed by atoms with Crippen LogP contribution >= 0.6 is 15.9 Å². The molecule has 1 aromatic carbocycles. The molecule has 0 radical (unpaired) electrons. The first-order valence-corrected chi connectivity index (χ1v) is 28.1. The quantitative estimate of drug-likeness (QED) is 0.103. The molecule has 1 aliphatic carbocycles. The summed E-state index contributed by atoms with van der Waals surface area (Å²) >= 11 is 3.43. The van der Waals surface area contributed by atoms with Crippen LogP contribution in [0.15, 0.2) is 71.9 Å². The molecular weight excluding hydrogens is 1030 g/mol. The molecule has 0 spiro atoms. The van der Waals surface area contributed by atoms with Gasteiger partial charge in [-0.1, -0.05) is 99.1 Å². The number of hydrogen-bond acceptors (Lipinski definition) is 14. The molecule has 75 heavy (non-hydrogen) atoms. The zero-order valence-corrected chi connectivity index (χ0v) is 47.5. The maximum atomic E-state index is 14.6. The van der Waals surface area contributed by atoms with Crippen LogP contribution in [-0.4, -0.2) is 133 Å². The molecule has 5 rings (SSSR count). The SMILES string of the molecule is CO[C@H]1C[C@@H]2CC[C@@H](C)[C@@](O)(O2)C(=O)C(=O)N2CCCC[C@H]2C(=O)O[C@H]([C@H](C)C[C@@H]2CC[C@@H](OC(=O)c3ccc(CBr)cc3)[C@H](OC)C2)CC(=O)[C@H](C)/C=C(\C)[C@@H](O)[C@@H](OC)C(=O)[C@H](C)C[C@H](C)/C=C/C=C/C=C/1C. The summed E-state index contributed by atoms with van der Waals surface area (Å²) in [4.78, 5) is 85.9. The molecule has 4 aliphatic rings. The number of piperidine rings is 1. The zero-order valence-electron chi connectivity index (χ0n) is 45.9. The van der Waals surface area contributed by atoms with Crippen molar-refractivity contribution < 1.29 is 67.4 Å². The third-order valence-corrected chi connectivity index (χ3v) is 16.7. The van der Waals surface area contributed by atoms with Gasteiger partial charge in [0.2, 0.25) is 5.79 Å². The van der Waals surface area contributed by atoms with Crippen LogP contribution in [0.1, 0.15) is 141 Å². The van der Waals surface area contributed by atoms with Crippen molar-refractivity contribution in [3.63, 3.8) is 0 Å². The number of ether oxygens (including phenoxy) is 6. The minimum absolute atomic E-state index is 0.00358. The highest BCUT2D eigenvalue weighted by Gasteiger charge is 2.53. The van der Waals surface area contributed by atoms with Crippen molar-refractivity contribution in [1.82, 2.24) is 4.90 Å². The smallest absolute Gasteiger partial charge is 0.338 e. The molecule has 2 saturated heterocycles. The molecule has 2 N–H and O–H groups in total. The van der Waals surface area contributed by atoms with Gasteiger partial charge in [-0.05, 0) is 125 Å². The van der Waals surface area contributed by atoms with Gasteiger partial charge in [0.1, 0.15) is 36.2 Å². The summed E-state index contributed by atoms with van der Waals surface area (Å²) in [7, 11) is 4.53. The lowest BCUT2D eigenvalue weighted by Gasteiger charge is -2.42. The highest BCUT2D eigenvalue weighted by atomic mass is 79.9. The van der Waals surface area contributed by atoms with Gasteiger partial charge in [-0.3, -0.25) is 19.2 Å². The van der Waals surface area contributed by atoms with E-state index in [-0.39, 0.29) is 42.8 Å². The lowest BCUT2D eigenvalue weighted by Crippen LogP contribution is -2.61. The second kappa shape index (κ2) is 29.0. The molecule has 15 nitrogen and oxygen atoms in total. The molecule has 0 unspecified atom stereocenters. The minimum atomic E-state index is -2.45. The molecule has 416 valence electrons. The number of nitrogens with zero attached hydrogens (tertiary/aromatic N) is 1. The molecule has 0 aromatic heterocycles. The molecule has 16 heteroatoms. The highest BCUT2D eigenvalue weighted by molar-refractivity contribution is 9.08. The Kier molecular flexibility index (Phi) is 23.8. The summed E-state index contributed by atoms with van der Waals surface area (Å²) < 4.78 is 35.9. The molecule has 15 atom stereocenters. The third-order valence-electron chi connectivity index (χ3n) is 16.1. The predicted octanol–water partition coefficient (Wildman–Crippen LogP) is 8.94. The first-order chi connectivity index (χ1) is 35.6. The maximum Gasteiger partial charge on any atom is 0.338 e. The van der Waals surface area contributed by atoms with Gasteiger partial charge in [0, 0.05) is 63.8 Å². The Morgan fingerprint density at radius 2 is 1.57 bits per heavy atom. The van der Waals surface area contributed by atoms with Crippen LogP contribution in [0.5, 0.6) is 0 Å². The molecule has 1 saturated carbocycles. The number of amides is 1. The second-order valence-electron chi connectivity index (χ2n) is 21.8. The van der Waals surface area contributed by atoms with E-state index >= 15 is 0 Å². The maximum absolute atomic E-state index is 14.6. The largest absolute Gasteiger partial charge is 0.460 e. The summed E-state index contributed by atoms with van der Waals surface area (Å²) in [6.07, 6.45) is 10.7. The van der Waals surface area contributed by atoms with Gasteiger partial charge >= 0.3 is 11.9 Å². The van der Waals surface area contributed by atoms with Crippen molar-refractivity contribution in [3.8, 4) is 0 Å². The fraction of sp³-hybridized carbons (Fsp3) is 0.661. The molecule has 2 bridgehead atoms. The van der Waals surface area contributed by atoms with Gasteiger partial charge in [0.05, 0.1) is 23.9 Å². The van der Waals surface area contributed by atoms with Crippen LogP contribution in [-0.2, 0) is 57.7 Å². The fourth-order valence-electron chi connectivity index (χ4n) is 11.2. The van der Waals surface area contributed by atoms with E-state index in [0.717, 1.165) is 11.1 Å². The van der Waals surface area contributed by atoms with Crippen LogP contribution in [0.4, 0.5) is 0 Å². The summed E-state index contributed by atoms with van der Waals surface area (Å²) in [6, 6.07) is 6.02. The summed E-state index contributed by atoms with van der Waals surface area (Å²) in [5, 5.41) is 24.2. The number of cyclic esters (lactones) is 1. The number of fused-ring (bicyclic) bond motifs is 3. The van der Waals surface area contributed by atoms with Gasteiger partial charge in [0.15, 0.2) is 5.78 Å². The van der Waals surface area contributed by atoms with Crippen molar-refractivity contribution in [2.45, 2.75) is 185 Å². The van der Waals surface area contributed by atoms with Gasteiger partial charge in [0.25, 0.3) is 11.7 Å². The number of methoxy groups -OCH3 is 3. The Labute approximate surface area is 453 Å². The summed E-state index contributed by atoms with van der Waals surface area (Å²) in [5.74, 6) is -8.75. The number of benzene rings is 1. The van der Waals surface area contributed by atoms with Gasteiger partial charge in [-0.2, -0.15) is 0 Å². The van der Waals surface area contributed by atoms with Crippen LogP contribution < -0.4 is 0 Å². The number of halogens is 1. The van der Waals surface area contributed by atoms with Crippen molar-refractivity contribution in [2.24, 2.45) is 35.5 Å². The molecule has 1 amide bonds. The average molecular weight is 1110 g/mol. The number of carbonyl (C=O) groups excluding carboxylic acids is 6.